The van der Waals surface area contributed by atoms with Gasteiger partial charge in [0.1, 0.15) is 22.7 Å². The maximum Gasteiger partial charge on any atom is 0.269 e. The minimum Gasteiger partial charge on any atom is -0.458 e. The second-order valence-corrected chi connectivity index (χ2v) is 17.6. The maximum atomic E-state index is 6.87. The first kappa shape index (κ1) is 36.8. The van der Waals surface area contributed by atoms with Gasteiger partial charge >= 0.3 is 0 Å². The van der Waals surface area contributed by atoms with Crippen molar-refractivity contribution < 1.29 is 13.7 Å². The van der Waals surface area contributed by atoms with Crippen molar-refractivity contribution in [1.82, 2.24) is 9.55 Å². The minimum atomic E-state index is 0.0363. The summed E-state index contributed by atoms with van der Waals surface area (Å²) < 4.78 is 17.8. The van der Waals surface area contributed by atoms with Crippen LogP contribution in [0, 0.1) is 6.33 Å². The molecule has 0 bridgehead atoms. The summed E-state index contributed by atoms with van der Waals surface area (Å²) in [6, 6.07) is 59.2. The number of furan rings is 1. The highest BCUT2D eigenvalue weighted by atomic mass is 16.5. The van der Waals surface area contributed by atoms with Crippen LogP contribution in [0.1, 0.15) is 51.7 Å². The summed E-state index contributed by atoms with van der Waals surface area (Å²) in [5.41, 5.74) is 14.8. The Hall–Kier alpha value is -7.24. The lowest BCUT2D eigenvalue weighted by Gasteiger charge is -2.41. The molecule has 11 rings (SSSR count). The molecule has 0 atom stereocenters. The number of hydrogen-bond acceptors (Lipinski definition) is 3. The molecule has 0 saturated carbocycles. The Bertz CT molecular complexity index is 3230. The first-order valence-electron chi connectivity index (χ1n) is 21.2. The fourth-order valence-corrected chi connectivity index (χ4v) is 9.37. The molecular weight excluding hydrogens is 747 g/mol. The molecule has 10 aromatic rings. The predicted molar refractivity (Wildman–Crippen MR) is 247 cm³/mol. The number of aromatic nitrogens is 3. The topological polar surface area (TPSA) is 44.1 Å². The molecule has 1 aliphatic carbocycles. The molecule has 5 nitrogen and oxygen atoms in total. The zero-order valence-corrected chi connectivity index (χ0v) is 34.8. The van der Waals surface area contributed by atoms with Gasteiger partial charge in [-0.3, -0.25) is 14.1 Å². The van der Waals surface area contributed by atoms with Crippen molar-refractivity contribution in [2.75, 3.05) is 0 Å². The Kier molecular flexibility index (Phi) is 8.57. The molecule has 0 fully saturated rings. The van der Waals surface area contributed by atoms with Crippen molar-refractivity contribution in [3.8, 4) is 56.4 Å². The minimum absolute atomic E-state index is 0.0363. The highest BCUT2D eigenvalue weighted by molar-refractivity contribution is 6.10. The number of rotatable bonds is 7. The van der Waals surface area contributed by atoms with E-state index in [1.165, 1.54) is 11.1 Å². The number of ether oxygens (including phenoxy) is 1. The van der Waals surface area contributed by atoms with E-state index in [0.29, 0.717) is 11.5 Å². The van der Waals surface area contributed by atoms with Gasteiger partial charge in [0.15, 0.2) is 0 Å². The Balaban J connectivity index is 1.04. The van der Waals surface area contributed by atoms with Gasteiger partial charge in [-0.25, -0.2) is 0 Å². The van der Waals surface area contributed by atoms with Crippen molar-refractivity contribution in [1.29, 1.82) is 0 Å². The molecule has 0 amide bonds. The summed E-state index contributed by atoms with van der Waals surface area (Å²) in [7, 11) is 0. The highest BCUT2D eigenvalue weighted by Gasteiger charge is 2.37. The monoisotopic (exact) mass is 791 g/mol. The average molecular weight is 792 g/mol. The van der Waals surface area contributed by atoms with Crippen LogP contribution in [0.15, 0.2) is 180 Å². The smallest absolute Gasteiger partial charge is 0.269 e. The van der Waals surface area contributed by atoms with E-state index in [-0.39, 0.29) is 10.8 Å². The second kappa shape index (κ2) is 14.2. The summed E-state index contributed by atoms with van der Waals surface area (Å²) in [4.78, 5) is 5.13. The van der Waals surface area contributed by atoms with Crippen LogP contribution in [-0.4, -0.2) is 9.55 Å². The van der Waals surface area contributed by atoms with Crippen LogP contribution < -0.4 is 9.30 Å². The van der Waals surface area contributed by atoms with Crippen molar-refractivity contribution in [2.24, 2.45) is 0 Å². The quantitative estimate of drug-likeness (QED) is 0.119. The Morgan fingerprint density at radius 2 is 1.25 bits per heavy atom. The van der Waals surface area contributed by atoms with Gasteiger partial charge in [0, 0.05) is 22.5 Å². The zero-order valence-electron chi connectivity index (χ0n) is 34.8. The van der Waals surface area contributed by atoms with E-state index >= 15 is 0 Å². The van der Waals surface area contributed by atoms with Crippen molar-refractivity contribution in [3.05, 3.63) is 194 Å². The normalized spacial score (nSPS) is 14.4. The van der Waals surface area contributed by atoms with Crippen molar-refractivity contribution >= 4 is 33.0 Å². The number of pyridine rings is 1. The van der Waals surface area contributed by atoms with E-state index in [1.807, 2.05) is 24.3 Å². The summed E-state index contributed by atoms with van der Waals surface area (Å²) >= 11 is 0. The molecular formula is C56H45N3O2. The predicted octanol–water partition coefficient (Wildman–Crippen LogP) is 14.1. The molecule has 0 N–H and O–H groups in total. The van der Waals surface area contributed by atoms with E-state index in [2.05, 4.69) is 195 Å². The highest BCUT2D eigenvalue weighted by Crippen LogP contribution is 2.48. The molecule has 296 valence electrons. The SMILES string of the molecule is CC1(C)CCC(C)(C)c2cc(-c3cc(Oc4cccc(-[n+]5[c-]n(-c6c(-c7ccccc7)cccc6-c6ccccc6)c6ccccc65)c4)cc4c3oc3ccccc34)ncc21. The lowest BCUT2D eigenvalue weighted by Crippen LogP contribution is -2.34. The third-order valence-electron chi connectivity index (χ3n) is 12.8. The van der Waals surface area contributed by atoms with Crippen LogP contribution >= 0.6 is 0 Å². The molecule has 61 heavy (non-hydrogen) atoms. The number of imidazole rings is 1. The van der Waals surface area contributed by atoms with Gasteiger partial charge in [-0.2, -0.15) is 0 Å². The Labute approximate surface area is 356 Å². The number of hydrogen-bond donors (Lipinski definition) is 0. The Morgan fingerprint density at radius 1 is 0.590 bits per heavy atom. The summed E-state index contributed by atoms with van der Waals surface area (Å²) in [6.45, 7) is 9.38. The van der Waals surface area contributed by atoms with E-state index in [1.54, 1.807) is 0 Å². The molecule has 1 aliphatic rings. The molecule has 0 saturated heterocycles. The third kappa shape index (κ3) is 6.31. The largest absolute Gasteiger partial charge is 0.458 e. The van der Waals surface area contributed by atoms with E-state index in [9.17, 15) is 0 Å². The fourth-order valence-electron chi connectivity index (χ4n) is 9.37. The standard InChI is InChI=1S/C56H45N3O2/c1-55(2)29-30-56(3,4)48-35-57-49(34-47(48)55)46-33-41(32-45-44-23-11-14-28-52(44)61-54(45)46)60-40-22-15-21-39(31-40)58-36-59(51-27-13-12-26-50(51)58)53-42(37-17-7-5-8-18-37)24-16-25-43(53)38-19-9-6-10-20-38/h5-28,31-35H,29-30H2,1-4H3. The molecule has 7 aromatic carbocycles. The van der Waals surface area contributed by atoms with Crippen LogP contribution in [0.5, 0.6) is 11.5 Å². The van der Waals surface area contributed by atoms with Crippen LogP contribution in [0.4, 0.5) is 0 Å². The number of para-hydroxylation sites is 4. The lowest BCUT2D eigenvalue weighted by atomic mass is 9.63. The molecule has 3 aromatic heterocycles. The number of fused-ring (bicyclic) bond motifs is 5. The van der Waals surface area contributed by atoms with E-state index < -0.39 is 0 Å². The Morgan fingerprint density at radius 3 is 2.00 bits per heavy atom. The fraction of sp³-hybridized carbons (Fsp3) is 0.143. The third-order valence-corrected chi connectivity index (χ3v) is 12.8. The van der Waals surface area contributed by atoms with E-state index in [4.69, 9.17) is 14.1 Å². The van der Waals surface area contributed by atoms with Crippen LogP contribution in [0.25, 0.3) is 77.9 Å². The number of benzene rings is 7. The second-order valence-electron chi connectivity index (χ2n) is 17.6. The average Bonchev–Trinajstić information content (AvgIpc) is 3.87. The van der Waals surface area contributed by atoms with Crippen LogP contribution in [-0.2, 0) is 10.8 Å². The van der Waals surface area contributed by atoms with E-state index in [0.717, 1.165) is 90.7 Å². The lowest BCUT2D eigenvalue weighted by molar-refractivity contribution is -0.572. The van der Waals surface area contributed by atoms with Gasteiger partial charge in [0.05, 0.1) is 28.1 Å². The molecule has 0 aliphatic heterocycles. The summed E-state index contributed by atoms with van der Waals surface area (Å²) in [5, 5.41) is 2.04. The van der Waals surface area contributed by atoms with Gasteiger partial charge in [0.2, 0.25) is 0 Å². The molecule has 5 heteroatoms. The summed E-state index contributed by atoms with van der Waals surface area (Å²) in [6.07, 6.45) is 8.16. The molecule has 0 radical (unpaired) electrons. The van der Waals surface area contributed by atoms with Crippen molar-refractivity contribution in [3.63, 3.8) is 0 Å². The van der Waals surface area contributed by atoms with Crippen molar-refractivity contribution in [2.45, 2.75) is 51.4 Å². The van der Waals surface area contributed by atoms with Gasteiger partial charge in [-0.1, -0.05) is 155 Å². The van der Waals surface area contributed by atoms with Gasteiger partial charge in [-0.15, -0.1) is 0 Å². The first-order chi connectivity index (χ1) is 29.7. The van der Waals surface area contributed by atoms with Crippen LogP contribution in [0.3, 0.4) is 0 Å². The number of nitrogens with zero attached hydrogens (tertiary/aromatic N) is 3. The first-order valence-corrected chi connectivity index (χ1v) is 21.2. The van der Waals surface area contributed by atoms with Gasteiger partial charge < -0.3 is 9.15 Å². The maximum absolute atomic E-state index is 6.87. The summed E-state index contributed by atoms with van der Waals surface area (Å²) in [5.74, 6) is 1.43. The van der Waals surface area contributed by atoms with Gasteiger partial charge in [0.25, 0.3) is 6.33 Å². The molecule has 3 heterocycles. The molecule has 0 spiro atoms. The van der Waals surface area contributed by atoms with Gasteiger partial charge in [-0.05, 0) is 99.5 Å². The van der Waals surface area contributed by atoms with Crippen LogP contribution in [0.2, 0.25) is 0 Å². The zero-order chi connectivity index (χ0) is 41.3. The molecule has 0 unspecified atom stereocenters.